The Bertz CT molecular complexity index is 788. The van der Waals surface area contributed by atoms with Crippen LogP contribution in [0.25, 0.3) is 11.0 Å². The Morgan fingerprint density at radius 2 is 1.81 bits per heavy atom. The topological polar surface area (TPSA) is 58.3 Å². The molecule has 0 bridgehead atoms. The summed E-state index contributed by atoms with van der Waals surface area (Å²) in [6.07, 6.45) is 1.71. The van der Waals surface area contributed by atoms with Gasteiger partial charge in [0, 0.05) is 11.6 Å². The van der Waals surface area contributed by atoms with Crippen LogP contribution in [0.1, 0.15) is 5.56 Å². The molecule has 0 unspecified atom stereocenters. The molecule has 0 saturated carbocycles. The van der Waals surface area contributed by atoms with Crippen molar-refractivity contribution in [3.8, 4) is 0 Å². The SMILES string of the molecule is OB(O)c1ccc(Cn2cnc3c(Cl)cc(Cl)cc32)cc1. The fraction of sp³-hybridized carbons (Fsp3) is 0.0714. The van der Waals surface area contributed by atoms with Crippen molar-refractivity contribution in [1.29, 1.82) is 0 Å². The van der Waals surface area contributed by atoms with Crippen LogP contribution >= 0.6 is 23.2 Å². The zero-order valence-electron chi connectivity index (χ0n) is 10.9. The lowest BCUT2D eigenvalue weighted by molar-refractivity contribution is 0.426. The minimum Gasteiger partial charge on any atom is -0.423 e. The van der Waals surface area contributed by atoms with E-state index in [1.54, 1.807) is 24.5 Å². The van der Waals surface area contributed by atoms with E-state index >= 15 is 0 Å². The third-order valence-corrected chi connectivity index (χ3v) is 3.78. The third kappa shape index (κ3) is 2.92. The van der Waals surface area contributed by atoms with Gasteiger partial charge in [0.2, 0.25) is 0 Å². The first-order valence-corrected chi connectivity index (χ1v) is 7.05. The van der Waals surface area contributed by atoms with Crippen molar-refractivity contribution < 1.29 is 10.0 Å². The van der Waals surface area contributed by atoms with Crippen LogP contribution in [0.3, 0.4) is 0 Å². The number of imidazole rings is 1. The van der Waals surface area contributed by atoms with Gasteiger partial charge in [-0.05, 0) is 23.2 Å². The molecule has 3 aromatic rings. The Balaban J connectivity index is 1.94. The number of hydrogen-bond donors (Lipinski definition) is 2. The summed E-state index contributed by atoms with van der Waals surface area (Å²) in [4.78, 5) is 4.29. The van der Waals surface area contributed by atoms with Gasteiger partial charge in [0.05, 0.1) is 16.9 Å². The highest BCUT2D eigenvalue weighted by Crippen LogP contribution is 2.27. The predicted molar refractivity (Wildman–Crippen MR) is 85.1 cm³/mol. The monoisotopic (exact) mass is 320 g/mol. The second-order valence-corrected chi connectivity index (χ2v) is 5.59. The molecule has 2 N–H and O–H groups in total. The first-order chi connectivity index (χ1) is 10.0. The van der Waals surface area contributed by atoms with Gasteiger partial charge in [0.1, 0.15) is 5.52 Å². The smallest absolute Gasteiger partial charge is 0.423 e. The highest BCUT2D eigenvalue weighted by Gasteiger charge is 2.11. The van der Waals surface area contributed by atoms with Crippen molar-refractivity contribution in [3.05, 3.63) is 58.3 Å². The Morgan fingerprint density at radius 3 is 2.48 bits per heavy atom. The van der Waals surface area contributed by atoms with Gasteiger partial charge in [0.15, 0.2) is 0 Å². The lowest BCUT2D eigenvalue weighted by Crippen LogP contribution is -2.29. The van der Waals surface area contributed by atoms with E-state index < -0.39 is 7.12 Å². The summed E-state index contributed by atoms with van der Waals surface area (Å²) in [5.74, 6) is 0. The van der Waals surface area contributed by atoms with Gasteiger partial charge in [-0.3, -0.25) is 0 Å². The van der Waals surface area contributed by atoms with E-state index in [4.69, 9.17) is 33.2 Å². The first-order valence-electron chi connectivity index (χ1n) is 6.29. The summed E-state index contributed by atoms with van der Waals surface area (Å²) < 4.78 is 1.94. The van der Waals surface area contributed by atoms with Gasteiger partial charge < -0.3 is 14.6 Å². The second-order valence-electron chi connectivity index (χ2n) is 4.74. The zero-order valence-corrected chi connectivity index (χ0v) is 12.4. The Kier molecular flexibility index (Phi) is 3.91. The largest absolute Gasteiger partial charge is 0.488 e. The maximum Gasteiger partial charge on any atom is 0.488 e. The van der Waals surface area contributed by atoms with Crippen LogP contribution in [-0.2, 0) is 6.54 Å². The number of halogens is 2. The van der Waals surface area contributed by atoms with Crippen LogP contribution in [0.15, 0.2) is 42.7 Å². The molecule has 0 amide bonds. The average Bonchev–Trinajstić information content (AvgIpc) is 2.83. The highest BCUT2D eigenvalue weighted by molar-refractivity contribution is 6.58. The van der Waals surface area contributed by atoms with E-state index in [2.05, 4.69) is 4.98 Å². The summed E-state index contributed by atoms with van der Waals surface area (Å²) in [6, 6.07) is 10.5. The van der Waals surface area contributed by atoms with Gasteiger partial charge in [-0.25, -0.2) is 4.98 Å². The summed E-state index contributed by atoms with van der Waals surface area (Å²) in [5, 5.41) is 19.3. The molecule has 21 heavy (non-hydrogen) atoms. The average molecular weight is 321 g/mol. The van der Waals surface area contributed by atoms with Gasteiger partial charge in [-0.15, -0.1) is 0 Å². The fourth-order valence-corrected chi connectivity index (χ4v) is 2.74. The minimum absolute atomic E-state index is 0.459. The normalized spacial score (nSPS) is 11.0. The van der Waals surface area contributed by atoms with Crippen LogP contribution in [0.2, 0.25) is 10.0 Å². The molecular weight excluding hydrogens is 310 g/mol. The number of fused-ring (bicyclic) bond motifs is 1. The fourth-order valence-electron chi connectivity index (χ4n) is 2.21. The van der Waals surface area contributed by atoms with E-state index in [-0.39, 0.29) is 0 Å². The molecule has 2 aromatic carbocycles. The molecule has 0 spiro atoms. The molecule has 0 aliphatic heterocycles. The lowest BCUT2D eigenvalue weighted by Gasteiger charge is -2.06. The van der Waals surface area contributed by atoms with Crippen molar-refractivity contribution in [2.24, 2.45) is 0 Å². The van der Waals surface area contributed by atoms with Gasteiger partial charge in [-0.2, -0.15) is 0 Å². The molecule has 0 radical (unpaired) electrons. The molecule has 0 saturated heterocycles. The standard InChI is InChI=1S/C14H11BCl2N2O2/c16-11-5-12(17)14-13(6-11)19(8-18-14)7-9-1-3-10(4-2-9)15(20)21/h1-6,8,20-21H,7H2. The number of hydrogen-bond acceptors (Lipinski definition) is 3. The molecule has 0 fully saturated rings. The van der Waals surface area contributed by atoms with Crippen LogP contribution in [-0.4, -0.2) is 26.7 Å². The van der Waals surface area contributed by atoms with Crippen LogP contribution < -0.4 is 5.46 Å². The second kappa shape index (κ2) is 5.69. The number of nitrogens with zero attached hydrogens (tertiary/aromatic N) is 2. The third-order valence-electron chi connectivity index (χ3n) is 3.27. The predicted octanol–water partition coefficient (Wildman–Crippen LogP) is 2.07. The van der Waals surface area contributed by atoms with E-state index in [1.807, 2.05) is 22.8 Å². The Hall–Kier alpha value is -1.53. The molecule has 1 aromatic heterocycles. The van der Waals surface area contributed by atoms with Gasteiger partial charge in [-0.1, -0.05) is 47.5 Å². The molecule has 4 nitrogen and oxygen atoms in total. The molecule has 0 aliphatic carbocycles. The molecule has 3 rings (SSSR count). The van der Waals surface area contributed by atoms with Crippen molar-refractivity contribution in [2.75, 3.05) is 0 Å². The molecular formula is C14H11BCl2N2O2. The summed E-state index contributed by atoms with van der Waals surface area (Å²) in [7, 11) is -1.45. The van der Waals surface area contributed by atoms with Gasteiger partial charge >= 0.3 is 7.12 Å². The van der Waals surface area contributed by atoms with Crippen molar-refractivity contribution in [3.63, 3.8) is 0 Å². The van der Waals surface area contributed by atoms with E-state index in [1.165, 1.54) is 0 Å². The van der Waals surface area contributed by atoms with Crippen molar-refractivity contribution in [1.82, 2.24) is 9.55 Å². The zero-order chi connectivity index (χ0) is 15.0. The van der Waals surface area contributed by atoms with Crippen molar-refractivity contribution in [2.45, 2.75) is 6.54 Å². The summed E-state index contributed by atoms with van der Waals surface area (Å²) in [6.45, 7) is 0.592. The van der Waals surface area contributed by atoms with Gasteiger partial charge in [0.25, 0.3) is 0 Å². The number of aromatic nitrogens is 2. The Labute approximate surface area is 131 Å². The maximum atomic E-state index is 9.08. The summed E-state index contributed by atoms with van der Waals surface area (Å²) in [5.41, 5.74) is 3.04. The molecule has 106 valence electrons. The van der Waals surface area contributed by atoms with E-state index in [0.717, 1.165) is 11.1 Å². The molecule has 7 heteroatoms. The number of rotatable bonds is 3. The minimum atomic E-state index is -1.45. The van der Waals surface area contributed by atoms with E-state index in [0.29, 0.717) is 27.6 Å². The molecule has 0 atom stereocenters. The van der Waals surface area contributed by atoms with Crippen LogP contribution in [0.5, 0.6) is 0 Å². The Morgan fingerprint density at radius 1 is 1.10 bits per heavy atom. The van der Waals surface area contributed by atoms with E-state index in [9.17, 15) is 0 Å². The van der Waals surface area contributed by atoms with Crippen LogP contribution in [0, 0.1) is 0 Å². The lowest BCUT2D eigenvalue weighted by atomic mass is 9.80. The van der Waals surface area contributed by atoms with Crippen LogP contribution in [0.4, 0.5) is 0 Å². The molecule has 1 heterocycles. The van der Waals surface area contributed by atoms with Crippen molar-refractivity contribution >= 4 is 46.8 Å². The first kappa shape index (κ1) is 14.4. The molecule has 0 aliphatic rings. The maximum absolute atomic E-state index is 9.08. The summed E-state index contributed by atoms with van der Waals surface area (Å²) >= 11 is 12.1. The highest BCUT2D eigenvalue weighted by atomic mass is 35.5. The number of benzene rings is 2. The quantitative estimate of drug-likeness (QED) is 0.726.